The maximum Gasteiger partial charge on any atom is 0.305 e. The van der Waals surface area contributed by atoms with Crippen molar-refractivity contribution in [3.63, 3.8) is 0 Å². The molecule has 2 nitrogen and oxygen atoms in total. The van der Waals surface area contributed by atoms with Gasteiger partial charge >= 0.3 is 5.97 Å². The Kier molecular flexibility index (Phi) is 6.09. The van der Waals surface area contributed by atoms with Crippen LogP contribution in [0.15, 0.2) is 60.0 Å². The van der Waals surface area contributed by atoms with Crippen LogP contribution in [0, 0.1) is 0 Å². The maximum absolute atomic E-state index is 13.4. The summed E-state index contributed by atoms with van der Waals surface area (Å²) in [6, 6.07) is 8.01. The molecule has 1 aromatic rings. The number of ether oxygens (including phenoxy) is 1. The molecular weight excluding hydrogens is 298 g/mol. The van der Waals surface area contributed by atoms with Gasteiger partial charge in [0.05, 0.1) is 0 Å². The zero-order valence-electron chi connectivity index (χ0n) is 12.6. The van der Waals surface area contributed by atoms with Gasteiger partial charge in [-0.3, -0.25) is 4.79 Å². The summed E-state index contributed by atoms with van der Waals surface area (Å²) in [4.78, 5) is 11.5. The number of carbonyl (C=O) groups is 1. The summed E-state index contributed by atoms with van der Waals surface area (Å²) in [5, 5.41) is 1.09. The Hall–Kier alpha value is -1.73. The Morgan fingerprint density at radius 2 is 2.00 bits per heavy atom. The number of carbonyl (C=O) groups excluding carboxylic acids is 1. The van der Waals surface area contributed by atoms with Crippen molar-refractivity contribution >= 4 is 20.5 Å². The van der Waals surface area contributed by atoms with Crippen molar-refractivity contribution in [3.8, 4) is 0 Å². The average Bonchev–Trinajstić information content (AvgIpc) is 2.74. The summed E-state index contributed by atoms with van der Waals surface area (Å²) in [6.45, 7) is 2.03. The topological polar surface area (TPSA) is 26.3 Å². The fraction of sp³-hybridized carbons (Fsp3) is 0.278. The molecule has 0 spiro atoms. The predicted molar refractivity (Wildman–Crippen MR) is 90.8 cm³/mol. The molecule has 22 heavy (non-hydrogen) atoms. The van der Waals surface area contributed by atoms with E-state index >= 15 is 0 Å². The van der Waals surface area contributed by atoms with Crippen LogP contribution in [0.5, 0.6) is 0 Å². The van der Waals surface area contributed by atoms with Crippen molar-refractivity contribution in [1.29, 1.82) is 0 Å². The predicted octanol–water partition coefficient (Wildman–Crippen LogP) is 3.96. The lowest BCUT2D eigenvalue weighted by atomic mass is 9.91. The number of benzene rings is 1. The van der Waals surface area contributed by atoms with Crippen LogP contribution in [0.1, 0.15) is 31.2 Å². The van der Waals surface area contributed by atoms with Crippen LogP contribution in [-0.4, -0.2) is 12.6 Å². The molecule has 1 aliphatic rings. The van der Waals surface area contributed by atoms with Crippen LogP contribution in [-0.2, 0) is 9.53 Å². The van der Waals surface area contributed by atoms with E-state index in [0.717, 1.165) is 16.4 Å². The van der Waals surface area contributed by atoms with E-state index in [1.807, 2.05) is 30.3 Å². The average molecular weight is 318 g/mol. The number of rotatable bonds is 5. The molecule has 0 radical (unpaired) electrons. The molecule has 0 heterocycles. The molecule has 0 saturated carbocycles. The van der Waals surface area contributed by atoms with Crippen molar-refractivity contribution in [2.24, 2.45) is 0 Å². The molecule has 2 atom stereocenters. The third-order valence-electron chi connectivity index (χ3n) is 3.54. The molecule has 1 aromatic carbocycles. The van der Waals surface area contributed by atoms with Gasteiger partial charge in [-0.15, -0.1) is 9.24 Å². The molecule has 0 bridgehead atoms. The van der Waals surface area contributed by atoms with Gasteiger partial charge in [0.15, 0.2) is 0 Å². The van der Waals surface area contributed by atoms with Gasteiger partial charge in [0.2, 0.25) is 0 Å². The van der Waals surface area contributed by atoms with Gasteiger partial charge < -0.3 is 4.74 Å². The molecule has 0 fully saturated rings. The van der Waals surface area contributed by atoms with Crippen molar-refractivity contribution in [3.05, 3.63) is 65.5 Å². The second-order valence-electron chi connectivity index (χ2n) is 5.12. The zero-order valence-corrected chi connectivity index (χ0v) is 13.7. The van der Waals surface area contributed by atoms with Gasteiger partial charge in [-0.2, -0.15) is 0 Å². The minimum absolute atomic E-state index is 0.0864. The standard InChI is InChI=1S/C18H20FO2P/c1-2-18(20)21-12-17(14-7-10-16(22)11-8-14)13-4-3-5-15(19)9-6-13/h4-11,17H,2-3,12,22H2,1H3. The first-order valence-corrected chi connectivity index (χ1v) is 7.92. The highest BCUT2D eigenvalue weighted by atomic mass is 31.0. The smallest absolute Gasteiger partial charge is 0.305 e. The molecule has 0 aliphatic heterocycles. The normalized spacial score (nSPS) is 15.6. The summed E-state index contributed by atoms with van der Waals surface area (Å²) in [5.41, 5.74) is 2.01. The first-order valence-electron chi connectivity index (χ1n) is 7.35. The van der Waals surface area contributed by atoms with E-state index in [9.17, 15) is 9.18 Å². The van der Waals surface area contributed by atoms with Gasteiger partial charge in [-0.1, -0.05) is 43.3 Å². The van der Waals surface area contributed by atoms with E-state index in [4.69, 9.17) is 4.74 Å². The summed E-state index contributed by atoms with van der Waals surface area (Å²) in [7, 11) is 2.64. The molecule has 116 valence electrons. The molecule has 0 N–H and O–H groups in total. The van der Waals surface area contributed by atoms with Gasteiger partial charge in [0, 0.05) is 12.3 Å². The number of esters is 1. The second-order valence-corrected chi connectivity index (χ2v) is 5.78. The first-order chi connectivity index (χ1) is 10.6. The van der Waals surface area contributed by atoms with Crippen LogP contribution < -0.4 is 5.30 Å². The monoisotopic (exact) mass is 318 g/mol. The lowest BCUT2D eigenvalue weighted by molar-refractivity contribution is -0.143. The zero-order chi connectivity index (χ0) is 15.9. The van der Waals surface area contributed by atoms with Crippen LogP contribution >= 0.6 is 9.24 Å². The van der Waals surface area contributed by atoms with Crippen LogP contribution in [0.4, 0.5) is 4.39 Å². The number of hydrogen-bond donors (Lipinski definition) is 0. The molecular formula is C18H20FO2P. The number of hydrogen-bond acceptors (Lipinski definition) is 2. The minimum atomic E-state index is -0.240. The van der Waals surface area contributed by atoms with E-state index < -0.39 is 0 Å². The minimum Gasteiger partial charge on any atom is -0.465 e. The second kappa shape index (κ2) is 8.05. The third-order valence-corrected chi connectivity index (χ3v) is 3.93. The van der Waals surface area contributed by atoms with E-state index in [0.29, 0.717) is 12.8 Å². The summed E-state index contributed by atoms with van der Waals surface area (Å²) in [6.07, 6.45) is 7.61. The van der Waals surface area contributed by atoms with Crippen molar-refractivity contribution < 1.29 is 13.9 Å². The Bertz CT molecular complexity index is 614. The highest BCUT2D eigenvalue weighted by Crippen LogP contribution is 2.28. The van der Waals surface area contributed by atoms with Crippen LogP contribution in [0.2, 0.25) is 0 Å². The van der Waals surface area contributed by atoms with Crippen molar-refractivity contribution in [2.45, 2.75) is 25.7 Å². The Morgan fingerprint density at radius 1 is 1.27 bits per heavy atom. The molecule has 0 aromatic heterocycles. The third kappa shape index (κ3) is 4.64. The van der Waals surface area contributed by atoms with Crippen molar-refractivity contribution in [2.75, 3.05) is 6.61 Å². The van der Waals surface area contributed by atoms with Gasteiger partial charge in [-0.25, -0.2) is 4.39 Å². The number of allylic oxidation sites excluding steroid dienone is 5. The largest absolute Gasteiger partial charge is 0.465 e. The molecule has 2 unspecified atom stereocenters. The number of halogens is 1. The van der Waals surface area contributed by atoms with Gasteiger partial charge in [-0.05, 0) is 35.0 Å². The fourth-order valence-electron chi connectivity index (χ4n) is 2.27. The lowest BCUT2D eigenvalue weighted by Gasteiger charge is -2.19. The Balaban J connectivity index is 2.25. The maximum atomic E-state index is 13.4. The lowest BCUT2D eigenvalue weighted by Crippen LogP contribution is -2.14. The van der Waals surface area contributed by atoms with E-state index in [-0.39, 0.29) is 24.3 Å². The van der Waals surface area contributed by atoms with Gasteiger partial charge in [0.1, 0.15) is 12.4 Å². The highest BCUT2D eigenvalue weighted by Gasteiger charge is 2.18. The first kappa shape index (κ1) is 16.6. The van der Waals surface area contributed by atoms with E-state index in [1.165, 1.54) is 12.2 Å². The van der Waals surface area contributed by atoms with E-state index in [2.05, 4.69) is 9.24 Å². The van der Waals surface area contributed by atoms with E-state index in [1.54, 1.807) is 13.0 Å². The molecule has 0 saturated heterocycles. The summed E-state index contributed by atoms with van der Waals surface area (Å²) < 4.78 is 18.7. The quantitative estimate of drug-likeness (QED) is 0.607. The molecule has 2 rings (SSSR count). The fourth-order valence-corrected chi connectivity index (χ4v) is 2.46. The molecule has 0 amide bonds. The van der Waals surface area contributed by atoms with Crippen molar-refractivity contribution in [1.82, 2.24) is 0 Å². The van der Waals surface area contributed by atoms with Crippen LogP contribution in [0.3, 0.4) is 0 Å². The summed E-state index contributed by atoms with van der Waals surface area (Å²) in [5.74, 6) is -0.553. The van der Waals surface area contributed by atoms with Gasteiger partial charge in [0.25, 0.3) is 0 Å². The highest BCUT2D eigenvalue weighted by molar-refractivity contribution is 7.27. The SMILES string of the molecule is CCC(=O)OCC(C1=CCC=C(F)C=C1)c1ccc(P)cc1. The summed E-state index contributed by atoms with van der Waals surface area (Å²) >= 11 is 0. The Labute approximate surface area is 133 Å². The van der Waals surface area contributed by atoms with Crippen LogP contribution in [0.25, 0.3) is 0 Å². The molecule has 1 aliphatic carbocycles. The molecule has 4 heteroatoms. The Morgan fingerprint density at radius 3 is 2.68 bits per heavy atom.